The second-order valence-corrected chi connectivity index (χ2v) is 3.93. The number of fused-ring (bicyclic) bond motifs is 1. The molecule has 0 fully saturated rings. The third-order valence-electron chi connectivity index (χ3n) is 2.05. The van der Waals surface area contributed by atoms with E-state index in [4.69, 9.17) is 16.3 Å². The van der Waals surface area contributed by atoms with Crippen molar-refractivity contribution < 1.29 is 9.53 Å². The Morgan fingerprint density at radius 2 is 2.18 bits per heavy atom. The van der Waals surface area contributed by atoms with Gasteiger partial charge in [-0.05, 0) is 11.6 Å². The molecule has 0 atom stereocenters. The molecule has 2 aromatic rings. The number of halogens is 1. The quantitative estimate of drug-likeness (QED) is 0.713. The fourth-order valence-corrected chi connectivity index (χ4v) is 1.36. The zero-order chi connectivity index (χ0) is 12.6. The molecule has 0 N–H and O–H groups in total. The summed E-state index contributed by atoms with van der Waals surface area (Å²) in [4.78, 5) is 24.6. The van der Waals surface area contributed by atoms with E-state index in [0.29, 0.717) is 11.2 Å². The fourth-order valence-electron chi connectivity index (χ4n) is 1.20. The van der Waals surface area contributed by atoms with Crippen molar-refractivity contribution in [2.75, 3.05) is 14.1 Å². The topological polar surface area (TPSA) is 73.1 Å². The molecular weight excluding hydrogens is 246 g/mol. The van der Waals surface area contributed by atoms with Gasteiger partial charge in [0.05, 0.1) is 6.33 Å². The van der Waals surface area contributed by atoms with Crippen molar-refractivity contribution in [1.82, 2.24) is 24.4 Å². The summed E-state index contributed by atoms with van der Waals surface area (Å²) in [6.07, 6.45) is 0.995. The Bertz CT molecular complexity index is 580. The lowest BCUT2D eigenvalue weighted by Gasteiger charge is -2.10. The van der Waals surface area contributed by atoms with E-state index in [0.717, 1.165) is 0 Å². The predicted octanol–water partition coefficient (Wildman–Crippen LogP) is 1.08. The van der Waals surface area contributed by atoms with E-state index in [-0.39, 0.29) is 11.2 Å². The maximum Gasteiger partial charge on any atom is 0.416 e. The zero-order valence-corrected chi connectivity index (χ0v) is 10.3. The fraction of sp³-hybridized carbons (Fsp3) is 0.333. The molecule has 0 aliphatic rings. The molecule has 0 saturated heterocycles. The first-order valence-electron chi connectivity index (χ1n) is 4.72. The lowest BCUT2D eigenvalue weighted by atomic mass is 10.5. The average Bonchev–Trinajstić information content (AvgIpc) is 2.60. The Morgan fingerprint density at radius 3 is 2.82 bits per heavy atom. The van der Waals surface area contributed by atoms with Crippen LogP contribution >= 0.6 is 11.6 Å². The molecule has 0 aliphatic heterocycles. The second kappa shape index (κ2) is 4.17. The van der Waals surface area contributed by atoms with Crippen molar-refractivity contribution in [3.8, 4) is 5.88 Å². The molecule has 7 nitrogen and oxygen atoms in total. The number of amides is 1. The molecule has 2 rings (SSSR count). The summed E-state index contributed by atoms with van der Waals surface area (Å²) in [7, 11) is 4.90. The highest BCUT2D eigenvalue weighted by Crippen LogP contribution is 2.22. The normalized spacial score (nSPS) is 10.6. The van der Waals surface area contributed by atoms with Crippen molar-refractivity contribution >= 4 is 28.9 Å². The molecular formula is C9H10ClN5O2. The van der Waals surface area contributed by atoms with Crippen molar-refractivity contribution in [1.29, 1.82) is 0 Å². The first kappa shape index (κ1) is 11.6. The van der Waals surface area contributed by atoms with Gasteiger partial charge < -0.3 is 14.2 Å². The van der Waals surface area contributed by atoms with Crippen molar-refractivity contribution in [2.45, 2.75) is 0 Å². The lowest BCUT2D eigenvalue weighted by Crippen LogP contribution is -2.25. The number of ether oxygens (including phenoxy) is 1. The van der Waals surface area contributed by atoms with Crippen molar-refractivity contribution in [3.63, 3.8) is 0 Å². The summed E-state index contributed by atoms with van der Waals surface area (Å²) in [5.74, 6) is 0.0549. The number of imidazole rings is 1. The standard InChI is InChI=1S/C9H10ClN5O2/c1-14(2)9(16)17-7-5-6(12-8(10)13-7)15(3)4-11-5/h4H,1-3H3. The van der Waals surface area contributed by atoms with Gasteiger partial charge in [0.1, 0.15) is 0 Å². The number of carbonyl (C=O) groups excluding carboxylic acids is 1. The van der Waals surface area contributed by atoms with Crippen LogP contribution in [0.1, 0.15) is 0 Å². The number of hydrogen-bond acceptors (Lipinski definition) is 5. The minimum Gasteiger partial charge on any atom is -0.388 e. The summed E-state index contributed by atoms with van der Waals surface area (Å²) in [5, 5.41) is 0.00246. The molecule has 0 aromatic carbocycles. The Hall–Kier alpha value is -1.89. The van der Waals surface area contributed by atoms with Gasteiger partial charge >= 0.3 is 6.09 Å². The number of aromatic nitrogens is 4. The largest absolute Gasteiger partial charge is 0.416 e. The van der Waals surface area contributed by atoms with Crippen LogP contribution in [0.5, 0.6) is 5.88 Å². The van der Waals surface area contributed by atoms with Crippen LogP contribution in [-0.4, -0.2) is 44.6 Å². The SMILES string of the molecule is CN(C)C(=O)Oc1nc(Cl)nc2c1ncn2C. The predicted molar refractivity (Wildman–Crippen MR) is 61.0 cm³/mol. The van der Waals surface area contributed by atoms with E-state index >= 15 is 0 Å². The van der Waals surface area contributed by atoms with Gasteiger partial charge in [0.2, 0.25) is 5.28 Å². The number of carbonyl (C=O) groups is 1. The summed E-state index contributed by atoms with van der Waals surface area (Å²) in [5.41, 5.74) is 0.902. The van der Waals surface area contributed by atoms with Gasteiger partial charge in [-0.1, -0.05) is 0 Å². The van der Waals surface area contributed by atoms with E-state index in [1.165, 1.54) is 4.90 Å². The van der Waals surface area contributed by atoms with Gasteiger partial charge in [-0.25, -0.2) is 9.78 Å². The third-order valence-corrected chi connectivity index (χ3v) is 2.22. The average molecular weight is 256 g/mol. The van der Waals surface area contributed by atoms with Crippen LogP contribution in [0.2, 0.25) is 5.28 Å². The van der Waals surface area contributed by atoms with Crippen molar-refractivity contribution in [3.05, 3.63) is 11.6 Å². The van der Waals surface area contributed by atoms with Gasteiger partial charge in [-0.15, -0.1) is 0 Å². The molecule has 0 saturated carbocycles. The number of hydrogen-bond donors (Lipinski definition) is 0. The molecule has 0 radical (unpaired) electrons. The van der Waals surface area contributed by atoms with Crippen LogP contribution < -0.4 is 4.74 Å². The molecule has 0 spiro atoms. The van der Waals surface area contributed by atoms with Crippen LogP contribution in [0.15, 0.2) is 6.33 Å². The summed E-state index contributed by atoms with van der Waals surface area (Å²) in [6, 6.07) is 0. The molecule has 2 aromatic heterocycles. The number of aryl methyl sites for hydroxylation is 1. The van der Waals surface area contributed by atoms with E-state index in [9.17, 15) is 4.79 Å². The lowest BCUT2D eigenvalue weighted by molar-refractivity contribution is 0.170. The third kappa shape index (κ3) is 2.14. The van der Waals surface area contributed by atoms with Crippen LogP contribution in [0, 0.1) is 0 Å². The highest BCUT2D eigenvalue weighted by molar-refractivity contribution is 6.28. The maximum absolute atomic E-state index is 11.4. The molecule has 8 heteroatoms. The van der Waals surface area contributed by atoms with Crippen LogP contribution in [0.25, 0.3) is 11.2 Å². The minimum absolute atomic E-state index is 0.00246. The zero-order valence-electron chi connectivity index (χ0n) is 9.51. The molecule has 90 valence electrons. The smallest absolute Gasteiger partial charge is 0.388 e. The first-order valence-corrected chi connectivity index (χ1v) is 5.10. The second-order valence-electron chi connectivity index (χ2n) is 3.59. The van der Waals surface area contributed by atoms with E-state index < -0.39 is 6.09 Å². The maximum atomic E-state index is 11.4. The monoisotopic (exact) mass is 255 g/mol. The highest BCUT2D eigenvalue weighted by atomic mass is 35.5. The van der Waals surface area contributed by atoms with Crippen molar-refractivity contribution in [2.24, 2.45) is 7.05 Å². The van der Waals surface area contributed by atoms with Crippen LogP contribution in [-0.2, 0) is 7.05 Å². The van der Waals surface area contributed by atoms with Gasteiger partial charge in [0.15, 0.2) is 11.2 Å². The minimum atomic E-state index is -0.549. The molecule has 0 unspecified atom stereocenters. The van der Waals surface area contributed by atoms with Crippen LogP contribution in [0.4, 0.5) is 4.79 Å². The molecule has 1 amide bonds. The highest BCUT2D eigenvalue weighted by Gasteiger charge is 2.16. The van der Waals surface area contributed by atoms with E-state index in [1.54, 1.807) is 32.0 Å². The van der Waals surface area contributed by atoms with Gasteiger partial charge in [0.25, 0.3) is 5.88 Å². The van der Waals surface area contributed by atoms with Crippen LogP contribution in [0.3, 0.4) is 0 Å². The summed E-state index contributed by atoms with van der Waals surface area (Å²) < 4.78 is 6.72. The first-order chi connectivity index (χ1) is 7.99. The van der Waals surface area contributed by atoms with E-state index in [2.05, 4.69) is 15.0 Å². The van der Waals surface area contributed by atoms with E-state index in [1.807, 2.05) is 0 Å². The summed E-state index contributed by atoms with van der Waals surface area (Å²) >= 11 is 5.75. The number of rotatable bonds is 1. The summed E-state index contributed by atoms with van der Waals surface area (Å²) in [6.45, 7) is 0. The molecule has 2 heterocycles. The Balaban J connectivity index is 2.49. The Kier molecular flexibility index (Phi) is 2.84. The Labute approximate surface area is 102 Å². The molecule has 0 aliphatic carbocycles. The van der Waals surface area contributed by atoms with Gasteiger partial charge in [-0.3, -0.25) is 0 Å². The van der Waals surface area contributed by atoms with Gasteiger partial charge in [-0.2, -0.15) is 9.97 Å². The molecule has 17 heavy (non-hydrogen) atoms. The van der Waals surface area contributed by atoms with Gasteiger partial charge in [0, 0.05) is 21.1 Å². The molecule has 0 bridgehead atoms. The number of nitrogens with zero attached hydrogens (tertiary/aromatic N) is 5. The Morgan fingerprint density at radius 1 is 1.47 bits per heavy atom.